The second-order valence-electron chi connectivity index (χ2n) is 10.0. The fraction of sp³-hybridized carbons (Fsp3) is 0.481. The zero-order valence-electron chi connectivity index (χ0n) is 19.3. The molecule has 2 aromatic carbocycles. The van der Waals surface area contributed by atoms with Gasteiger partial charge < -0.3 is 14.6 Å². The van der Waals surface area contributed by atoms with E-state index in [2.05, 4.69) is 31.9 Å². The molecule has 1 N–H and O–H groups in total. The van der Waals surface area contributed by atoms with Crippen molar-refractivity contribution in [2.45, 2.75) is 56.3 Å². The zero-order chi connectivity index (χ0) is 23.1. The van der Waals surface area contributed by atoms with Gasteiger partial charge in [0.15, 0.2) is 5.82 Å². The van der Waals surface area contributed by atoms with Crippen molar-refractivity contribution in [3.63, 3.8) is 0 Å². The van der Waals surface area contributed by atoms with E-state index in [9.17, 15) is 9.18 Å². The quantitative estimate of drug-likeness (QED) is 0.571. The third kappa shape index (κ3) is 4.01. The summed E-state index contributed by atoms with van der Waals surface area (Å²) in [5.74, 6) is -0.173. The van der Waals surface area contributed by atoms with Crippen LogP contribution < -0.4 is 5.32 Å². The fourth-order valence-electron chi connectivity index (χ4n) is 6.11. The number of nitrogens with one attached hydrogen (secondary N) is 1. The van der Waals surface area contributed by atoms with Crippen LogP contribution in [0.25, 0.3) is 11.0 Å². The molecule has 3 aliphatic rings. The molecule has 34 heavy (non-hydrogen) atoms. The summed E-state index contributed by atoms with van der Waals surface area (Å²) in [5, 5.41) is 3.29. The van der Waals surface area contributed by atoms with Gasteiger partial charge >= 0.3 is 0 Å². The number of para-hydroxylation sites is 1. The first-order valence-corrected chi connectivity index (χ1v) is 12.5. The lowest BCUT2D eigenvalue weighted by Gasteiger charge is -2.40. The van der Waals surface area contributed by atoms with Crippen molar-refractivity contribution >= 4 is 16.9 Å². The molecule has 0 radical (unpaired) electrons. The molecule has 3 fully saturated rings. The van der Waals surface area contributed by atoms with Crippen molar-refractivity contribution in [2.24, 2.45) is 5.92 Å². The highest BCUT2D eigenvalue weighted by atomic mass is 19.1. The molecular formula is C27H31FN4O2. The van der Waals surface area contributed by atoms with E-state index < -0.39 is 0 Å². The normalized spacial score (nSPS) is 25.9. The highest BCUT2D eigenvalue weighted by Crippen LogP contribution is 2.42. The minimum absolute atomic E-state index is 0.00647. The predicted molar refractivity (Wildman–Crippen MR) is 128 cm³/mol. The Hall–Kier alpha value is -2.77. The Balaban J connectivity index is 1.14. The molecule has 1 aromatic heterocycles. The average Bonchev–Trinajstić information content (AvgIpc) is 3.34. The second-order valence-corrected chi connectivity index (χ2v) is 10.0. The minimum Gasteiger partial charge on any atom is -0.380 e. The van der Waals surface area contributed by atoms with E-state index in [1.54, 1.807) is 6.07 Å². The van der Waals surface area contributed by atoms with Gasteiger partial charge in [-0.3, -0.25) is 9.69 Å². The fourth-order valence-corrected chi connectivity index (χ4v) is 6.11. The number of benzene rings is 2. The van der Waals surface area contributed by atoms with Gasteiger partial charge in [-0.05, 0) is 49.8 Å². The summed E-state index contributed by atoms with van der Waals surface area (Å²) >= 11 is 0. The summed E-state index contributed by atoms with van der Waals surface area (Å²) in [6, 6.07) is 16.9. The molecule has 6 nitrogen and oxygen atoms in total. The van der Waals surface area contributed by atoms with E-state index in [1.165, 1.54) is 18.9 Å². The van der Waals surface area contributed by atoms with Crippen molar-refractivity contribution < 1.29 is 13.9 Å². The van der Waals surface area contributed by atoms with Crippen LogP contribution in [-0.4, -0.2) is 52.2 Å². The molecule has 2 bridgehead atoms. The highest BCUT2D eigenvalue weighted by Gasteiger charge is 2.41. The van der Waals surface area contributed by atoms with Crippen molar-refractivity contribution in [1.82, 2.24) is 19.8 Å². The average molecular weight is 463 g/mol. The number of ether oxygens (including phenoxy) is 1. The Morgan fingerprint density at radius 3 is 2.53 bits per heavy atom. The van der Waals surface area contributed by atoms with Gasteiger partial charge in [0, 0.05) is 24.7 Å². The maximum atomic E-state index is 14.2. The summed E-state index contributed by atoms with van der Waals surface area (Å²) < 4.78 is 21.6. The summed E-state index contributed by atoms with van der Waals surface area (Å²) in [6.07, 6.45) is 7.22. The maximum absolute atomic E-state index is 14.2. The largest absolute Gasteiger partial charge is 0.380 e. The standard InChI is InChI=1S/C27H31FN4O2/c28-23-7-4-8-25-26(23)29-17-32(25)22-13-20-9-10-21(14-22)31(20)12-11-24(18-5-2-1-3-6-18)30-27(33)19-15-34-16-19/h1-8,17,19-22,24H,9-16H2,(H,30,33)/t20-,21+,22?,24-/m0/s1. The topological polar surface area (TPSA) is 59.4 Å². The molecule has 0 saturated carbocycles. The first-order chi connectivity index (χ1) is 16.7. The number of halogens is 1. The Morgan fingerprint density at radius 1 is 1.06 bits per heavy atom. The van der Waals surface area contributed by atoms with Gasteiger partial charge in [-0.1, -0.05) is 36.4 Å². The lowest BCUT2D eigenvalue weighted by atomic mass is 9.95. The molecule has 4 atom stereocenters. The lowest BCUT2D eigenvalue weighted by molar-refractivity contribution is -0.139. The minimum atomic E-state index is -0.251. The van der Waals surface area contributed by atoms with Crippen LogP contribution in [0.5, 0.6) is 0 Å². The predicted octanol–water partition coefficient (Wildman–Crippen LogP) is 4.24. The van der Waals surface area contributed by atoms with Crippen LogP contribution >= 0.6 is 0 Å². The lowest BCUT2D eigenvalue weighted by Crippen LogP contribution is -2.46. The van der Waals surface area contributed by atoms with Gasteiger partial charge in [-0.15, -0.1) is 0 Å². The summed E-state index contributed by atoms with van der Waals surface area (Å²) in [6.45, 7) is 2.01. The molecule has 0 spiro atoms. The van der Waals surface area contributed by atoms with E-state index in [1.807, 2.05) is 30.6 Å². The smallest absolute Gasteiger partial charge is 0.228 e. The van der Waals surface area contributed by atoms with E-state index in [-0.39, 0.29) is 23.7 Å². The number of hydrogen-bond donors (Lipinski definition) is 1. The third-order valence-corrected chi connectivity index (χ3v) is 8.01. The maximum Gasteiger partial charge on any atom is 0.228 e. The molecule has 6 rings (SSSR count). The van der Waals surface area contributed by atoms with Gasteiger partial charge in [0.25, 0.3) is 0 Å². The molecular weight excluding hydrogens is 431 g/mol. The zero-order valence-corrected chi connectivity index (χ0v) is 19.3. The monoisotopic (exact) mass is 462 g/mol. The van der Waals surface area contributed by atoms with Crippen molar-refractivity contribution in [1.29, 1.82) is 0 Å². The Bertz CT molecular complexity index is 1150. The number of rotatable bonds is 7. The van der Waals surface area contributed by atoms with Crippen LogP contribution in [0.15, 0.2) is 54.9 Å². The molecule has 1 unspecified atom stereocenters. The third-order valence-electron chi connectivity index (χ3n) is 8.01. The van der Waals surface area contributed by atoms with Crippen LogP contribution in [0.2, 0.25) is 0 Å². The van der Waals surface area contributed by atoms with E-state index in [0.717, 1.165) is 36.9 Å². The molecule has 4 heterocycles. The first kappa shape index (κ1) is 21.7. The van der Waals surface area contributed by atoms with Gasteiger partial charge in [0.1, 0.15) is 5.52 Å². The molecule has 3 aliphatic heterocycles. The number of carbonyl (C=O) groups excluding carboxylic acids is 1. The van der Waals surface area contributed by atoms with E-state index in [4.69, 9.17) is 4.74 Å². The second kappa shape index (κ2) is 9.12. The number of aromatic nitrogens is 2. The number of piperidine rings is 1. The van der Waals surface area contributed by atoms with Crippen LogP contribution in [-0.2, 0) is 9.53 Å². The van der Waals surface area contributed by atoms with Gasteiger partial charge in [0.2, 0.25) is 5.91 Å². The summed E-state index contributed by atoms with van der Waals surface area (Å²) in [5.41, 5.74) is 2.52. The SMILES string of the molecule is O=C(N[C@@H](CCN1[C@@H]2CC[C@H]1CC(n1cnc3c(F)cccc31)C2)c1ccccc1)C1COC1. The molecule has 1 amide bonds. The Kier molecular flexibility index (Phi) is 5.83. The van der Waals surface area contributed by atoms with Crippen molar-refractivity contribution in [3.05, 3.63) is 66.2 Å². The van der Waals surface area contributed by atoms with Gasteiger partial charge in [-0.25, -0.2) is 9.37 Å². The first-order valence-electron chi connectivity index (χ1n) is 12.5. The van der Waals surface area contributed by atoms with Crippen LogP contribution in [0.4, 0.5) is 4.39 Å². The Labute approximate surface area is 199 Å². The van der Waals surface area contributed by atoms with Crippen LogP contribution in [0, 0.1) is 11.7 Å². The molecule has 7 heteroatoms. The number of hydrogen-bond acceptors (Lipinski definition) is 4. The van der Waals surface area contributed by atoms with E-state index in [0.29, 0.717) is 36.9 Å². The van der Waals surface area contributed by atoms with Crippen molar-refractivity contribution in [3.8, 4) is 0 Å². The molecule has 3 aromatic rings. The molecule has 3 saturated heterocycles. The molecule has 0 aliphatic carbocycles. The molecule has 178 valence electrons. The van der Waals surface area contributed by atoms with Crippen LogP contribution in [0.1, 0.15) is 49.8 Å². The number of amides is 1. The number of nitrogens with zero attached hydrogens (tertiary/aromatic N) is 3. The highest BCUT2D eigenvalue weighted by molar-refractivity contribution is 5.80. The summed E-state index contributed by atoms with van der Waals surface area (Å²) in [4.78, 5) is 19.7. The van der Waals surface area contributed by atoms with Crippen molar-refractivity contribution in [2.75, 3.05) is 19.8 Å². The van der Waals surface area contributed by atoms with Gasteiger partial charge in [-0.2, -0.15) is 0 Å². The summed E-state index contributed by atoms with van der Waals surface area (Å²) in [7, 11) is 0. The van der Waals surface area contributed by atoms with Crippen LogP contribution in [0.3, 0.4) is 0 Å². The number of fused-ring (bicyclic) bond motifs is 3. The van der Waals surface area contributed by atoms with E-state index >= 15 is 0 Å². The number of carbonyl (C=O) groups is 1. The Morgan fingerprint density at radius 2 is 1.82 bits per heavy atom. The number of imidazole rings is 1. The van der Waals surface area contributed by atoms with Gasteiger partial charge in [0.05, 0.1) is 37.0 Å².